The predicted octanol–water partition coefficient (Wildman–Crippen LogP) is 3.52. The lowest BCUT2D eigenvalue weighted by atomic mass is 10.1. The van der Waals surface area contributed by atoms with Crippen LogP contribution in [0, 0.1) is 0 Å². The van der Waals surface area contributed by atoms with E-state index < -0.39 is 9.84 Å². The van der Waals surface area contributed by atoms with Gasteiger partial charge in [-0.15, -0.1) is 6.58 Å². The van der Waals surface area contributed by atoms with Gasteiger partial charge < -0.3 is 4.57 Å². The molecule has 0 aliphatic rings. The average Bonchev–Trinajstić information content (AvgIpc) is 2.98. The largest absolute Gasteiger partial charge is 0.313 e. The van der Waals surface area contributed by atoms with Crippen molar-refractivity contribution < 1.29 is 13.2 Å². The molecule has 3 aromatic rings. The van der Waals surface area contributed by atoms with Crippen LogP contribution in [0.3, 0.4) is 0 Å². The monoisotopic (exact) mass is 414 g/mol. The fraction of sp³-hybridized carbons (Fsp3) is 0.238. The Bertz CT molecular complexity index is 1200. The molecular formula is C21H22N2O3S2. The Balaban J connectivity index is 2.00. The summed E-state index contributed by atoms with van der Waals surface area (Å²) < 4.78 is 26.3. The summed E-state index contributed by atoms with van der Waals surface area (Å²) in [5.74, 6) is -0.239. The highest BCUT2D eigenvalue weighted by Gasteiger charge is 2.12. The zero-order valence-corrected chi connectivity index (χ0v) is 17.5. The molecule has 2 aromatic carbocycles. The van der Waals surface area contributed by atoms with Crippen LogP contribution in [-0.4, -0.2) is 25.1 Å². The number of hydrogen-bond acceptors (Lipinski definition) is 4. The predicted molar refractivity (Wildman–Crippen MR) is 113 cm³/mol. The molecule has 0 aliphatic carbocycles. The highest BCUT2D eigenvalue weighted by molar-refractivity contribution is 7.90. The van der Waals surface area contributed by atoms with Crippen LogP contribution < -0.4 is 4.80 Å². The maximum atomic E-state index is 12.5. The number of rotatable bonds is 6. The Morgan fingerprint density at radius 2 is 1.86 bits per heavy atom. The van der Waals surface area contributed by atoms with Crippen molar-refractivity contribution in [3.8, 4) is 0 Å². The van der Waals surface area contributed by atoms with Crippen LogP contribution in [0.1, 0.15) is 18.1 Å². The Labute approximate surface area is 168 Å². The van der Waals surface area contributed by atoms with Crippen LogP contribution in [0.25, 0.3) is 10.2 Å². The van der Waals surface area contributed by atoms with Crippen molar-refractivity contribution in [3.63, 3.8) is 0 Å². The summed E-state index contributed by atoms with van der Waals surface area (Å²) >= 11 is 1.30. The number of benzene rings is 2. The van der Waals surface area contributed by atoms with Crippen LogP contribution >= 0.6 is 11.3 Å². The maximum Gasteiger partial charge on any atom is 0.252 e. The van der Waals surface area contributed by atoms with Crippen molar-refractivity contribution in [2.75, 3.05) is 6.26 Å². The number of nitrogens with zero attached hydrogens (tertiary/aromatic N) is 2. The number of allylic oxidation sites excluding steroid dienone is 1. The molecule has 0 fully saturated rings. The number of thiazole rings is 1. The van der Waals surface area contributed by atoms with Crippen molar-refractivity contribution in [1.82, 2.24) is 4.57 Å². The van der Waals surface area contributed by atoms with E-state index in [-0.39, 0.29) is 17.2 Å². The number of aryl methyl sites for hydroxylation is 1. The number of sulfone groups is 1. The van der Waals surface area contributed by atoms with E-state index in [2.05, 4.69) is 18.5 Å². The first-order chi connectivity index (χ1) is 13.3. The molecule has 3 rings (SSSR count). The maximum absolute atomic E-state index is 12.5. The van der Waals surface area contributed by atoms with Gasteiger partial charge in [0.25, 0.3) is 5.91 Å². The fourth-order valence-electron chi connectivity index (χ4n) is 2.89. The molecule has 0 aliphatic heterocycles. The van der Waals surface area contributed by atoms with Gasteiger partial charge in [0.2, 0.25) is 0 Å². The summed E-state index contributed by atoms with van der Waals surface area (Å²) in [5, 5.41) is 0. The van der Waals surface area contributed by atoms with Crippen molar-refractivity contribution in [1.29, 1.82) is 0 Å². The van der Waals surface area contributed by atoms with Gasteiger partial charge >= 0.3 is 0 Å². The Morgan fingerprint density at radius 3 is 2.46 bits per heavy atom. The normalized spacial score (nSPS) is 12.4. The van der Waals surface area contributed by atoms with Crippen molar-refractivity contribution >= 4 is 37.3 Å². The van der Waals surface area contributed by atoms with Gasteiger partial charge in [-0.3, -0.25) is 4.79 Å². The molecule has 0 saturated heterocycles. The Hall–Kier alpha value is -2.51. The molecule has 1 amide bonds. The average molecular weight is 415 g/mol. The lowest BCUT2D eigenvalue weighted by Crippen LogP contribution is -2.16. The molecule has 0 atom stereocenters. The van der Waals surface area contributed by atoms with E-state index in [0.29, 0.717) is 11.3 Å². The van der Waals surface area contributed by atoms with Gasteiger partial charge in [-0.05, 0) is 35.7 Å². The molecule has 0 N–H and O–H groups in total. The van der Waals surface area contributed by atoms with E-state index in [4.69, 9.17) is 0 Å². The van der Waals surface area contributed by atoms with Crippen LogP contribution in [0.5, 0.6) is 0 Å². The van der Waals surface area contributed by atoms with Gasteiger partial charge in [-0.1, -0.05) is 48.6 Å². The molecule has 0 unspecified atom stereocenters. The van der Waals surface area contributed by atoms with Gasteiger partial charge in [0, 0.05) is 12.8 Å². The first-order valence-corrected chi connectivity index (χ1v) is 11.6. The van der Waals surface area contributed by atoms with Gasteiger partial charge in [0.15, 0.2) is 14.6 Å². The number of carbonyl (C=O) groups excluding carboxylic acids is 1. The van der Waals surface area contributed by atoms with E-state index in [1.54, 1.807) is 24.3 Å². The highest BCUT2D eigenvalue weighted by Crippen LogP contribution is 2.22. The van der Waals surface area contributed by atoms with Crippen LogP contribution in [0.2, 0.25) is 0 Å². The molecule has 28 heavy (non-hydrogen) atoms. The van der Waals surface area contributed by atoms with E-state index in [1.807, 2.05) is 28.8 Å². The number of carbonyl (C=O) groups is 1. The quantitative estimate of drug-likeness (QED) is 0.580. The van der Waals surface area contributed by atoms with E-state index in [1.165, 1.54) is 23.2 Å². The topological polar surface area (TPSA) is 68.5 Å². The van der Waals surface area contributed by atoms with Crippen molar-refractivity contribution in [3.05, 3.63) is 71.0 Å². The molecule has 146 valence electrons. The Kier molecular flexibility index (Phi) is 5.96. The van der Waals surface area contributed by atoms with E-state index in [0.717, 1.165) is 22.2 Å². The number of fused-ring (bicyclic) bond motifs is 1. The van der Waals surface area contributed by atoms with Crippen molar-refractivity contribution in [2.45, 2.75) is 31.2 Å². The Morgan fingerprint density at radius 1 is 1.18 bits per heavy atom. The minimum atomic E-state index is -3.30. The number of hydrogen-bond donors (Lipinski definition) is 0. The zero-order valence-electron chi connectivity index (χ0n) is 15.9. The summed E-state index contributed by atoms with van der Waals surface area (Å²) in [7, 11) is -3.30. The molecule has 0 saturated carbocycles. The third kappa shape index (κ3) is 4.48. The second kappa shape index (κ2) is 8.24. The lowest BCUT2D eigenvalue weighted by Gasteiger charge is -2.02. The molecule has 7 heteroatoms. The summed E-state index contributed by atoms with van der Waals surface area (Å²) in [6.07, 6.45) is 4.08. The van der Waals surface area contributed by atoms with Crippen molar-refractivity contribution in [2.24, 2.45) is 4.99 Å². The molecular weight excluding hydrogens is 392 g/mol. The molecule has 0 radical (unpaired) electrons. The molecule has 0 bridgehead atoms. The first-order valence-electron chi connectivity index (χ1n) is 8.91. The summed E-state index contributed by atoms with van der Waals surface area (Å²) in [6.45, 7) is 6.33. The minimum Gasteiger partial charge on any atom is -0.313 e. The van der Waals surface area contributed by atoms with Gasteiger partial charge in [0.05, 0.1) is 21.5 Å². The smallest absolute Gasteiger partial charge is 0.252 e. The van der Waals surface area contributed by atoms with E-state index >= 15 is 0 Å². The second-order valence-electron chi connectivity index (χ2n) is 6.54. The molecule has 1 aromatic heterocycles. The molecule has 5 nitrogen and oxygen atoms in total. The zero-order chi connectivity index (χ0) is 20.3. The minimum absolute atomic E-state index is 0.223. The SMILES string of the molecule is C=CCn1c(=NC(=O)Cc2ccc(CC)cc2)sc2cc(S(C)(=O)=O)ccc21. The van der Waals surface area contributed by atoms with Gasteiger partial charge in [0.1, 0.15) is 0 Å². The van der Waals surface area contributed by atoms with Gasteiger partial charge in [-0.25, -0.2) is 8.42 Å². The second-order valence-corrected chi connectivity index (χ2v) is 9.56. The summed E-state index contributed by atoms with van der Waals surface area (Å²) in [5.41, 5.74) is 2.97. The standard InChI is InChI=1S/C21H22N2O3S2/c1-4-12-23-18-11-10-17(28(3,25)26)14-19(18)27-21(23)22-20(24)13-16-8-6-15(5-2)7-9-16/h4,6-11,14H,1,5,12-13H2,2-3H3. The first kappa shape index (κ1) is 20.2. The van der Waals surface area contributed by atoms with Crippen LogP contribution in [0.15, 0.2) is 65.0 Å². The van der Waals surface area contributed by atoms with Crippen LogP contribution in [0.4, 0.5) is 0 Å². The van der Waals surface area contributed by atoms with Gasteiger partial charge in [-0.2, -0.15) is 4.99 Å². The number of aromatic nitrogens is 1. The summed E-state index contributed by atoms with van der Waals surface area (Å²) in [6, 6.07) is 12.9. The third-order valence-corrected chi connectivity index (χ3v) is 6.55. The lowest BCUT2D eigenvalue weighted by molar-refractivity contribution is -0.117. The highest BCUT2D eigenvalue weighted by atomic mass is 32.2. The third-order valence-electron chi connectivity index (χ3n) is 4.40. The number of amides is 1. The fourth-order valence-corrected chi connectivity index (χ4v) is 4.71. The summed E-state index contributed by atoms with van der Waals surface area (Å²) in [4.78, 5) is 17.6. The molecule has 1 heterocycles. The molecule has 0 spiro atoms. The van der Waals surface area contributed by atoms with E-state index in [9.17, 15) is 13.2 Å². The van der Waals surface area contributed by atoms with Crippen LogP contribution in [-0.2, 0) is 34.0 Å².